The van der Waals surface area contributed by atoms with Crippen LogP contribution >= 0.6 is 34.8 Å². The summed E-state index contributed by atoms with van der Waals surface area (Å²) in [5.41, 5.74) is 2.50. The van der Waals surface area contributed by atoms with E-state index in [1.165, 1.54) is 11.1 Å². The molecule has 1 unspecified atom stereocenters. The van der Waals surface area contributed by atoms with Crippen molar-refractivity contribution in [2.24, 2.45) is 5.92 Å². The third kappa shape index (κ3) is 5.19. The van der Waals surface area contributed by atoms with E-state index < -0.39 is 0 Å². The second-order valence-corrected chi connectivity index (χ2v) is 6.46. The summed E-state index contributed by atoms with van der Waals surface area (Å²) >= 11 is 18.0. The molecule has 2 aromatic carbocycles. The molecule has 2 aromatic rings. The summed E-state index contributed by atoms with van der Waals surface area (Å²) in [5, 5.41) is 5.25. The number of rotatable bonds is 6. The molecule has 0 amide bonds. The van der Waals surface area contributed by atoms with E-state index in [1.54, 1.807) is 0 Å². The van der Waals surface area contributed by atoms with Gasteiger partial charge >= 0.3 is 0 Å². The van der Waals surface area contributed by atoms with Gasteiger partial charge in [0.15, 0.2) is 0 Å². The summed E-state index contributed by atoms with van der Waals surface area (Å²) in [5.74, 6) is 0.494. The van der Waals surface area contributed by atoms with Crippen molar-refractivity contribution < 1.29 is 0 Å². The predicted octanol–water partition coefficient (Wildman–Crippen LogP) is 5.27. The van der Waals surface area contributed by atoms with E-state index >= 15 is 0 Å². The normalized spacial score (nSPS) is 12.4. The number of halogens is 3. The lowest BCUT2D eigenvalue weighted by Gasteiger charge is -2.17. The zero-order chi connectivity index (χ0) is 15.2. The first kappa shape index (κ1) is 16.6. The van der Waals surface area contributed by atoms with E-state index in [2.05, 4.69) is 17.4 Å². The van der Waals surface area contributed by atoms with Gasteiger partial charge in [-0.25, -0.2) is 0 Å². The van der Waals surface area contributed by atoms with Crippen molar-refractivity contribution in [1.29, 1.82) is 0 Å². The third-order valence-electron chi connectivity index (χ3n) is 3.44. The average molecular weight is 343 g/mol. The molecule has 1 atom stereocenters. The molecule has 0 aliphatic heterocycles. The van der Waals surface area contributed by atoms with Gasteiger partial charge in [0.25, 0.3) is 0 Å². The summed E-state index contributed by atoms with van der Waals surface area (Å²) in [6, 6.07) is 13.9. The third-order valence-corrected chi connectivity index (χ3v) is 4.43. The van der Waals surface area contributed by atoms with Gasteiger partial charge in [0.2, 0.25) is 0 Å². The lowest BCUT2D eigenvalue weighted by Crippen LogP contribution is -2.22. The van der Waals surface area contributed by atoms with Crippen molar-refractivity contribution in [2.45, 2.75) is 12.8 Å². The van der Waals surface area contributed by atoms with Crippen LogP contribution in [0.4, 0.5) is 0 Å². The van der Waals surface area contributed by atoms with E-state index in [9.17, 15) is 0 Å². The average Bonchev–Trinajstić information content (AvgIpc) is 2.46. The molecule has 1 nitrogen and oxygen atoms in total. The maximum Gasteiger partial charge on any atom is 0.0595 e. The molecule has 0 saturated heterocycles. The summed E-state index contributed by atoms with van der Waals surface area (Å²) in [4.78, 5) is 0. The van der Waals surface area contributed by atoms with Crippen LogP contribution in [0.25, 0.3) is 0 Å². The first-order valence-corrected chi connectivity index (χ1v) is 8.05. The summed E-state index contributed by atoms with van der Waals surface area (Å²) < 4.78 is 0. The van der Waals surface area contributed by atoms with Gasteiger partial charge < -0.3 is 5.32 Å². The zero-order valence-electron chi connectivity index (χ0n) is 11.9. The van der Waals surface area contributed by atoms with Gasteiger partial charge in [-0.05, 0) is 67.7 Å². The van der Waals surface area contributed by atoms with Crippen molar-refractivity contribution >= 4 is 34.8 Å². The molecule has 112 valence electrons. The van der Waals surface area contributed by atoms with E-state index in [1.807, 2.05) is 37.4 Å². The molecular formula is C17H18Cl3N. The highest BCUT2D eigenvalue weighted by atomic mass is 35.5. The fourth-order valence-electron chi connectivity index (χ4n) is 2.46. The first-order valence-electron chi connectivity index (χ1n) is 6.91. The Morgan fingerprint density at radius 1 is 0.857 bits per heavy atom. The highest BCUT2D eigenvalue weighted by Crippen LogP contribution is 2.24. The summed E-state index contributed by atoms with van der Waals surface area (Å²) in [6.07, 6.45) is 1.96. The second-order valence-electron chi connectivity index (χ2n) is 5.21. The van der Waals surface area contributed by atoms with Crippen LogP contribution in [-0.2, 0) is 12.8 Å². The molecular weight excluding hydrogens is 325 g/mol. The highest BCUT2D eigenvalue weighted by molar-refractivity contribution is 6.42. The molecule has 0 spiro atoms. The standard InChI is InChI=1S/C17H18Cl3N/c1-21-11-14(8-12-2-5-15(18)6-3-12)9-13-4-7-16(19)17(20)10-13/h2-7,10,14,21H,8-9,11H2,1H3. The second kappa shape index (κ2) is 8.05. The Bertz CT molecular complexity index is 581. The van der Waals surface area contributed by atoms with Crippen LogP contribution in [0.5, 0.6) is 0 Å². The molecule has 0 heterocycles. The molecule has 0 radical (unpaired) electrons. The minimum atomic E-state index is 0.494. The Hall–Kier alpha value is -0.730. The van der Waals surface area contributed by atoms with Crippen LogP contribution in [0.1, 0.15) is 11.1 Å². The van der Waals surface area contributed by atoms with Gasteiger partial charge in [-0.1, -0.05) is 53.0 Å². The van der Waals surface area contributed by atoms with E-state index in [4.69, 9.17) is 34.8 Å². The minimum absolute atomic E-state index is 0.494. The van der Waals surface area contributed by atoms with Gasteiger partial charge in [-0.3, -0.25) is 0 Å². The van der Waals surface area contributed by atoms with Gasteiger partial charge in [-0.15, -0.1) is 0 Å². The number of benzene rings is 2. The topological polar surface area (TPSA) is 12.0 Å². The lowest BCUT2D eigenvalue weighted by atomic mass is 9.92. The van der Waals surface area contributed by atoms with E-state index in [0.717, 1.165) is 24.4 Å². The predicted molar refractivity (Wildman–Crippen MR) is 92.7 cm³/mol. The molecule has 0 bridgehead atoms. The van der Waals surface area contributed by atoms with Crippen molar-refractivity contribution in [3.05, 3.63) is 68.7 Å². The Morgan fingerprint density at radius 2 is 1.48 bits per heavy atom. The molecule has 0 aliphatic carbocycles. The highest BCUT2D eigenvalue weighted by Gasteiger charge is 2.11. The molecule has 0 saturated carbocycles. The molecule has 0 aliphatic rings. The Morgan fingerprint density at radius 3 is 2.10 bits per heavy atom. The van der Waals surface area contributed by atoms with Gasteiger partial charge in [0, 0.05) is 5.02 Å². The van der Waals surface area contributed by atoms with Crippen LogP contribution in [0.2, 0.25) is 15.1 Å². The summed E-state index contributed by atoms with van der Waals surface area (Å²) in [6.45, 7) is 0.947. The Labute approximate surface area is 141 Å². The largest absolute Gasteiger partial charge is 0.319 e. The van der Waals surface area contributed by atoms with Crippen LogP contribution in [0.15, 0.2) is 42.5 Å². The van der Waals surface area contributed by atoms with Crippen molar-refractivity contribution in [3.63, 3.8) is 0 Å². The van der Waals surface area contributed by atoms with Crippen LogP contribution < -0.4 is 5.32 Å². The number of nitrogens with one attached hydrogen (secondary N) is 1. The maximum atomic E-state index is 6.09. The molecule has 0 fully saturated rings. The quantitative estimate of drug-likeness (QED) is 0.754. The van der Waals surface area contributed by atoms with E-state index in [-0.39, 0.29) is 0 Å². The number of hydrogen-bond donors (Lipinski definition) is 1. The molecule has 2 rings (SSSR count). The van der Waals surface area contributed by atoms with Crippen molar-refractivity contribution in [2.75, 3.05) is 13.6 Å². The van der Waals surface area contributed by atoms with Gasteiger partial charge in [0.05, 0.1) is 10.0 Å². The zero-order valence-corrected chi connectivity index (χ0v) is 14.1. The SMILES string of the molecule is CNCC(Cc1ccc(Cl)cc1)Cc1ccc(Cl)c(Cl)c1. The molecule has 21 heavy (non-hydrogen) atoms. The lowest BCUT2D eigenvalue weighted by molar-refractivity contribution is 0.493. The van der Waals surface area contributed by atoms with Crippen LogP contribution in [0, 0.1) is 5.92 Å². The Kier molecular flexibility index (Phi) is 6.38. The fourth-order valence-corrected chi connectivity index (χ4v) is 2.91. The first-order chi connectivity index (χ1) is 10.1. The van der Waals surface area contributed by atoms with Crippen LogP contribution in [0.3, 0.4) is 0 Å². The van der Waals surface area contributed by atoms with Crippen molar-refractivity contribution in [3.8, 4) is 0 Å². The van der Waals surface area contributed by atoms with E-state index in [0.29, 0.717) is 16.0 Å². The fraction of sp³-hybridized carbons (Fsp3) is 0.294. The number of hydrogen-bond acceptors (Lipinski definition) is 1. The molecule has 4 heteroatoms. The summed E-state index contributed by atoms with van der Waals surface area (Å²) in [7, 11) is 1.98. The van der Waals surface area contributed by atoms with Crippen molar-refractivity contribution in [1.82, 2.24) is 5.32 Å². The van der Waals surface area contributed by atoms with Gasteiger partial charge in [0.1, 0.15) is 0 Å². The maximum absolute atomic E-state index is 6.09. The van der Waals surface area contributed by atoms with Crippen LogP contribution in [-0.4, -0.2) is 13.6 Å². The smallest absolute Gasteiger partial charge is 0.0595 e. The molecule has 0 aromatic heterocycles. The minimum Gasteiger partial charge on any atom is -0.319 e. The monoisotopic (exact) mass is 341 g/mol. The Balaban J connectivity index is 2.07. The van der Waals surface area contributed by atoms with Gasteiger partial charge in [-0.2, -0.15) is 0 Å². The molecule has 1 N–H and O–H groups in total.